The van der Waals surface area contributed by atoms with Crippen molar-refractivity contribution in [2.45, 2.75) is 19.9 Å². The first-order chi connectivity index (χ1) is 8.15. The number of benzene rings is 1. The molecular formula is C13H18N2O2. The number of cyclic esters (lactones) is 1. The number of carbonyl (C=O) groups is 1. The Morgan fingerprint density at radius 2 is 2.24 bits per heavy atom. The van der Waals surface area contributed by atoms with Crippen LogP contribution < -0.4 is 10.2 Å². The highest BCUT2D eigenvalue weighted by Gasteiger charge is 2.34. The van der Waals surface area contributed by atoms with E-state index in [4.69, 9.17) is 4.74 Å². The fourth-order valence-electron chi connectivity index (χ4n) is 2.14. The number of nitrogens with zero attached hydrogens (tertiary/aromatic N) is 1. The van der Waals surface area contributed by atoms with Crippen LogP contribution in [0.5, 0.6) is 0 Å². The molecule has 1 amide bonds. The number of hydrogen-bond acceptors (Lipinski definition) is 3. The maximum absolute atomic E-state index is 11.8. The monoisotopic (exact) mass is 234 g/mol. The van der Waals surface area contributed by atoms with E-state index in [1.807, 2.05) is 39.1 Å². The van der Waals surface area contributed by atoms with Crippen molar-refractivity contribution in [1.82, 2.24) is 5.32 Å². The minimum Gasteiger partial charge on any atom is -0.447 e. The summed E-state index contributed by atoms with van der Waals surface area (Å²) in [7, 11) is 1.88. The Bertz CT molecular complexity index is 431. The maximum atomic E-state index is 11.8. The summed E-state index contributed by atoms with van der Waals surface area (Å²) >= 11 is 0. The highest BCUT2D eigenvalue weighted by atomic mass is 16.6. The Morgan fingerprint density at radius 3 is 2.94 bits per heavy atom. The molecule has 0 radical (unpaired) electrons. The molecule has 0 bridgehead atoms. The minimum atomic E-state index is -0.251. The molecule has 4 nitrogen and oxygen atoms in total. The number of anilines is 1. The van der Waals surface area contributed by atoms with Crippen molar-refractivity contribution in [1.29, 1.82) is 0 Å². The van der Waals surface area contributed by atoms with Gasteiger partial charge in [-0.05, 0) is 38.1 Å². The van der Waals surface area contributed by atoms with E-state index in [0.717, 1.165) is 17.8 Å². The first kappa shape index (κ1) is 11.9. The Labute approximate surface area is 102 Å². The molecule has 4 heteroatoms. The number of rotatable bonds is 3. The van der Waals surface area contributed by atoms with Gasteiger partial charge in [0.05, 0.1) is 11.7 Å². The average molecular weight is 234 g/mol. The van der Waals surface area contributed by atoms with Crippen molar-refractivity contribution < 1.29 is 9.53 Å². The smallest absolute Gasteiger partial charge is 0.414 e. The van der Waals surface area contributed by atoms with E-state index >= 15 is 0 Å². The van der Waals surface area contributed by atoms with Crippen molar-refractivity contribution in [2.75, 3.05) is 25.1 Å². The van der Waals surface area contributed by atoms with E-state index in [1.54, 1.807) is 4.90 Å². The summed E-state index contributed by atoms with van der Waals surface area (Å²) in [6.07, 6.45) is -0.251. The van der Waals surface area contributed by atoms with Gasteiger partial charge >= 0.3 is 6.09 Å². The van der Waals surface area contributed by atoms with E-state index in [9.17, 15) is 4.79 Å². The Balaban J connectivity index is 2.36. The van der Waals surface area contributed by atoms with Crippen LogP contribution in [0.3, 0.4) is 0 Å². The molecule has 92 valence electrons. The number of hydrogen-bond donors (Lipinski definition) is 1. The average Bonchev–Trinajstić information content (AvgIpc) is 2.65. The van der Waals surface area contributed by atoms with Gasteiger partial charge in [-0.1, -0.05) is 12.1 Å². The first-order valence-electron chi connectivity index (χ1n) is 5.82. The number of likely N-dealkylation sites (N-methyl/N-ethyl adjacent to an activating group) is 1. The van der Waals surface area contributed by atoms with E-state index < -0.39 is 0 Å². The van der Waals surface area contributed by atoms with Gasteiger partial charge in [-0.25, -0.2) is 4.79 Å². The third-order valence-corrected chi connectivity index (χ3v) is 3.24. The lowest BCUT2D eigenvalue weighted by atomic mass is 10.1. The predicted octanol–water partition coefficient (Wildman–Crippen LogP) is 1.85. The van der Waals surface area contributed by atoms with Crippen molar-refractivity contribution >= 4 is 11.8 Å². The Hall–Kier alpha value is -1.55. The molecule has 2 rings (SSSR count). The van der Waals surface area contributed by atoms with Crippen LogP contribution in [0.2, 0.25) is 0 Å². The predicted molar refractivity (Wildman–Crippen MR) is 67.5 cm³/mol. The third-order valence-electron chi connectivity index (χ3n) is 3.24. The molecule has 1 unspecified atom stereocenters. The van der Waals surface area contributed by atoms with Crippen molar-refractivity contribution in [3.05, 3.63) is 29.3 Å². The maximum Gasteiger partial charge on any atom is 0.414 e. The lowest BCUT2D eigenvalue weighted by Gasteiger charge is -2.23. The van der Waals surface area contributed by atoms with Crippen LogP contribution in [0.4, 0.5) is 10.5 Å². The second-order valence-corrected chi connectivity index (χ2v) is 4.38. The fraction of sp³-hybridized carbons (Fsp3) is 0.462. The summed E-state index contributed by atoms with van der Waals surface area (Å²) in [6, 6.07) is 6.07. The molecule has 0 saturated carbocycles. The van der Waals surface area contributed by atoms with Gasteiger partial charge in [0.2, 0.25) is 0 Å². The zero-order valence-corrected chi connectivity index (χ0v) is 10.5. The van der Waals surface area contributed by atoms with E-state index in [1.165, 1.54) is 5.56 Å². The minimum absolute atomic E-state index is 0.0769. The van der Waals surface area contributed by atoms with Crippen LogP contribution in [0.15, 0.2) is 18.2 Å². The normalized spacial score (nSPS) is 19.6. The summed E-state index contributed by atoms with van der Waals surface area (Å²) in [5.41, 5.74) is 3.27. The van der Waals surface area contributed by atoms with Gasteiger partial charge in [0, 0.05) is 6.54 Å². The fourth-order valence-corrected chi connectivity index (χ4v) is 2.14. The summed E-state index contributed by atoms with van der Waals surface area (Å²) in [5, 5.41) is 3.09. The summed E-state index contributed by atoms with van der Waals surface area (Å²) in [5.74, 6) is 0. The summed E-state index contributed by atoms with van der Waals surface area (Å²) in [4.78, 5) is 13.5. The Kier molecular flexibility index (Phi) is 3.33. The van der Waals surface area contributed by atoms with Crippen LogP contribution >= 0.6 is 0 Å². The zero-order valence-electron chi connectivity index (χ0n) is 10.5. The van der Waals surface area contributed by atoms with E-state index in [0.29, 0.717) is 6.61 Å². The molecule has 1 atom stereocenters. The quantitative estimate of drug-likeness (QED) is 0.867. The van der Waals surface area contributed by atoms with E-state index in [-0.39, 0.29) is 12.1 Å². The number of ether oxygens (including phenoxy) is 1. The van der Waals surface area contributed by atoms with Crippen LogP contribution in [0.25, 0.3) is 0 Å². The van der Waals surface area contributed by atoms with Gasteiger partial charge in [0.25, 0.3) is 0 Å². The van der Waals surface area contributed by atoms with Crippen molar-refractivity contribution in [2.24, 2.45) is 0 Å². The van der Waals surface area contributed by atoms with E-state index in [2.05, 4.69) is 5.32 Å². The zero-order chi connectivity index (χ0) is 12.4. The standard InChI is InChI=1S/C13H18N2O2/c1-9-5-4-6-12(10(9)2)15-11(7-14-3)8-17-13(15)16/h4-6,11,14H,7-8H2,1-3H3. The SMILES string of the molecule is CNCC1COC(=O)N1c1cccc(C)c1C. The summed E-state index contributed by atoms with van der Waals surface area (Å²) < 4.78 is 5.13. The molecule has 0 aliphatic carbocycles. The lowest BCUT2D eigenvalue weighted by Crippen LogP contribution is -2.40. The molecule has 0 aromatic heterocycles. The molecule has 1 aromatic carbocycles. The Morgan fingerprint density at radius 1 is 1.47 bits per heavy atom. The van der Waals surface area contributed by atoms with Crippen LogP contribution in [-0.4, -0.2) is 32.3 Å². The highest BCUT2D eigenvalue weighted by Crippen LogP contribution is 2.28. The molecule has 1 saturated heterocycles. The lowest BCUT2D eigenvalue weighted by molar-refractivity contribution is 0.178. The van der Waals surface area contributed by atoms with Gasteiger partial charge in [0.15, 0.2) is 0 Å². The number of nitrogens with one attached hydrogen (secondary N) is 1. The molecule has 17 heavy (non-hydrogen) atoms. The second kappa shape index (κ2) is 4.75. The number of carbonyl (C=O) groups excluding carboxylic acids is 1. The molecule has 1 aliphatic heterocycles. The topological polar surface area (TPSA) is 41.6 Å². The van der Waals surface area contributed by atoms with Gasteiger partial charge in [-0.2, -0.15) is 0 Å². The van der Waals surface area contributed by atoms with Gasteiger partial charge in [-0.15, -0.1) is 0 Å². The molecule has 1 aliphatic rings. The number of aryl methyl sites for hydroxylation is 1. The van der Waals surface area contributed by atoms with Gasteiger partial charge in [-0.3, -0.25) is 4.90 Å². The van der Waals surface area contributed by atoms with Crippen molar-refractivity contribution in [3.8, 4) is 0 Å². The molecule has 1 N–H and O–H groups in total. The largest absolute Gasteiger partial charge is 0.447 e. The summed E-state index contributed by atoms with van der Waals surface area (Å²) in [6.45, 7) is 5.27. The highest BCUT2D eigenvalue weighted by molar-refractivity contribution is 5.91. The number of amides is 1. The van der Waals surface area contributed by atoms with Crippen molar-refractivity contribution in [3.63, 3.8) is 0 Å². The molecule has 1 heterocycles. The first-order valence-corrected chi connectivity index (χ1v) is 5.82. The van der Waals surface area contributed by atoms with Crippen LogP contribution in [0, 0.1) is 13.8 Å². The van der Waals surface area contributed by atoms with Crippen LogP contribution in [0.1, 0.15) is 11.1 Å². The molecule has 1 aromatic rings. The third kappa shape index (κ3) is 2.13. The van der Waals surface area contributed by atoms with Crippen LogP contribution in [-0.2, 0) is 4.74 Å². The van der Waals surface area contributed by atoms with Gasteiger partial charge in [0.1, 0.15) is 6.61 Å². The van der Waals surface area contributed by atoms with Gasteiger partial charge < -0.3 is 10.1 Å². The second-order valence-electron chi connectivity index (χ2n) is 4.38. The molecular weight excluding hydrogens is 216 g/mol. The molecule has 1 fully saturated rings. The molecule has 0 spiro atoms.